The van der Waals surface area contributed by atoms with Crippen LogP contribution in [0.1, 0.15) is 44.1 Å². The molecule has 19 heavy (non-hydrogen) atoms. The molecule has 0 saturated heterocycles. The van der Waals surface area contributed by atoms with Gasteiger partial charge in [0.15, 0.2) is 0 Å². The molecule has 1 amide bonds. The summed E-state index contributed by atoms with van der Waals surface area (Å²) in [6, 6.07) is 3.84. The number of nitrogens with zero attached hydrogens (tertiary/aromatic N) is 1. The quantitative estimate of drug-likeness (QED) is 0.851. The Hall–Kier alpha value is -1.42. The minimum Gasteiger partial charge on any atom is -0.388 e. The van der Waals surface area contributed by atoms with Crippen LogP contribution < -0.4 is 5.32 Å². The SMILES string of the molecule is O=C(CCc1ccncc1)NCC1(O)CCCCC1. The van der Waals surface area contributed by atoms with E-state index in [1.54, 1.807) is 12.4 Å². The van der Waals surface area contributed by atoms with Crippen molar-refractivity contribution in [2.24, 2.45) is 0 Å². The van der Waals surface area contributed by atoms with Crippen LogP contribution in [0.3, 0.4) is 0 Å². The Labute approximate surface area is 114 Å². The van der Waals surface area contributed by atoms with Gasteiger partial charge in [-0.25, -0.2) is 0 Å². The molecule has 1 aromatic rings. The highest BCUT2D eigenvalue weighted by atomic mass is 16.3. The van der Waals surface area contributed by atoms with E-state index in [4.69, 9.17) is 0 Å². The van der Waals surface area contributed by atoms with Gasteiger partial charge in [0.2, 0.25) is 5.91 Å². The molecule has 0 spiro atoms. The molecule has 1 fully saturated rings. The Bertz CT molecular complexity index is 400. The van der Waals surface area contributed by atoms with Gasteiger partial charge in [-0.2, -0.15) is 0 Å². The lowest BCUT2D eigenvalue weighted by atomic mass is 9.85. The van der Waals surface area contributed by atoms with Crippen molar-refractivity contribution in [3.8, 4) is 0 Å². The molecule has 0 atom stereocenters. The summed E-state index contributed by atoms with van der Waals surface area (Å²) in [5.74, 6) is 0.0100. The second-order valence-corrected chi connectivity index (χ2v) is 5.42. The van der Waals surface area contributed by atoms with E-state index in [9.17, 15) is 9.90 Å². The van der Waals surface area contributed by atoms with Crippen LogP contribution in [0.5, 0.6) is 0 Å². The van der Waals surface area contributed by atoms with E-state index in [0.717, 1.165) is 31.2 Å². The number of nitrogens with one attached hydrogen (secondary N) is 1. The molecule has 1 aliphatic carbocycles. The summed E-state index contributed by atoms with van der Waals surface area (Å²) < 4.78 is 0. The van der Waals surface area contributed by atoms with Crippen LogP contribution in [0, 0.1) is 0 Å². The average Bonchev–Trinajstić information content (AvgIpc) is 2.45. The lowest BCUT2D eigenvalue weighted by Gasteiger charge is -2.32. The summed E-state index contributed by atoms with van der Waals surface area (Å²) in [6.07, 6.45) is 9.56. The molecule has 0 radical (unpaired) electrons. The number of hydrogen-bond donors (Lipinski definition) is 2. The Morgan fingerprint density at radius 2 is 1.95 bits per heavy atom. The number of aromatic nitrogens is 1. The molecular weight excluding hydrogens is 240 g/mol. The highest BCUT2D eigenvalue weighted by Crippen LogP contribution is 2.27. The monoisotopic (exact) mass is 262 g/mol. The van der Waals surface area contributed by atoms with Gasteiger partial charge < -0.3 is 10.4 Å². The van der Waals surface area contributed by atoms with Crippen molar-refractivity contribution in [3.63, 3.8) is 0 Å². The van der Waals surface area contributed by atoms with Crippen LogP contribution in [-0.4, -0.2) is 28.1 Å². The van der Waals surface area contributed by atoms with Gasteiger partial charge in [0.1, 0.15) is 0 Å². The lowest BCUT2D eigenvalue weighted by molar-refractivity contribution is -0.122. The molecule has 0 bridgehead atoms. The van der Waals surface area contributed by atoms with Gasteiger partial charge >= 0.3 is 0 Å². The molecule has 4 heteroatoms. The van der Waals surface area contributed by atoms with E-state index in [-0.39, 0.29) is 5.91 Å². The smallest absolute Gasteiger partial charge is 0.220 e. The standard InChI is InChI=1S/C15H22N2O2/c18-14(5-4-13-6-10-16-11-7-13)17-12-15(19)8-2-1-3-9-15/h6-7,10-11,19H,1-5,8-9,12H2,(H,17,18). The van der Waals surface area contributed by atoms with Crippen molar-refractivity contribution in [2.75, 3.05) is 6.54 Å². The number of carbonyl (C=O) groups is 1. The van der Waals surface area contributed by atoms with Gasteiger partial charge in [-0.05, 0) is 37.0 Å². The number of rotatable bonds is 5. The molecule has 0 unspecified atom stereocenters. The average molecular weight is 262 g/mol. The molecule has 2 rings (SSSR count). The van der Waals surface area contributed by atoms with Crippen molar-refractivity contribution in [3.05, 3.63) is 30.1 Å². The predicted molar refractivity (Wildman–Crippen MR) is 73.6 cm³/mol. The zero-order valence-electron chi connectivity index (χ0n) is 11.3. The number of carbonyl (C=O) groups excluding carboxylic acids is 1. The Morgan fingerprint density at radius 3 is 2.63 bits per heavy atom. The highest BCUT2D eigenvalue weighted by molar-refractivity contribution is 5.76. The number of aryl methyl sites for hydroxylation is 1. The molecule has 104 valence electrons. The van der Waals surface area contributed by atoms with Gasteiger partial charge in [-0.3, -0.25) is 9.78 Å². The summed E-state index contributed by atoms with van der Waals surface area (Å²) >= 11 is 0. The molecule has 1 heterocycles. The molecule has 0 aromatic carbocycles. The molecule has 2 N–H and O–H groups in total. The van der Waals surface area contributed by atoms with Gasteiger partial charge in [-0.1, -0.05) is 19.3 Å². The van der Waals surface area contributed by atoms with Gasteiger partial charge in [0.25, 0.3) is 0 Å². The van der Waals surface area contributed by atoms with E-state index in [1.807, 2.05) is 12.1 Å². The number of aliphatic hydroxyl groups is 1. The Balaban J connectivity index is 1.70. The summed E-state index contributed by atoms with van der Waals surface area (Å²) in [7, 11) is 0. The van der Waals surface area contributed by atoms with Crippen LogP contribution >= 0.6 is 0 Å². The third-order valence-corrected chi connectivity index (χ3v) is 3.79. The first-order valence-electron chi connectivity index (χ1n) is 7.06. The van der Waals surface area contributed by atoms with Crippen molar-refractivity contribution in [1.29, 1.82) is 0 Å². The Kier molecular flexibility index (Phi) is 4.91. The third-order valence-electron chi connectivity index (χ3n) is 3.79. The van der Waals surface area contributed by atoms with Gasteiger partial charge in [0, 0.05) is 25.4 Å². The summed E-state index contributed by atoms with van der Waals surface area (Å²) in [5.41, 5.74) is 0.437. The maximum atomic E-state index is 11.8. The molecule has 1 saturated carbocycles. The number of hydrogen-bond acceptors (Lipinski definition) is 3. The van der Waals surface area contributed by atoms with E-state index in [0.29, 0.717) is 19.4 Å². The molecule has 4 nitrogen and oxygen atoms in total. The second kappa shape index (κ2) is 6.66. The van der Waals surface area contributed by atoms with Crippen LogP contribution in [0.15, 0.2) is 24.5 Å². The fourth-order valence-corrected chi connectivity index (χ4v) is 2.55. The number of amides is 1. The second-order valence-electron chi connectivity index (χ2n) is 5.42. The van der Waals surface area contributed by atoms with Crippen molar-refractivity contribution in [2.45, 2.75) is 50.5 Å². The zero-order chi connectivity index (χ0) is 13.6. The number of pyridine rings is 1. The summed E-state index contributed by atoms with van der Waals surface area (Å²) in [6.45, 7) is 0.391. The van der Waals surface area contributed by atoms with E-state index < -0.39 is 5.60 Å². The maximum Gasteiger partial charge on any atom is 0.220 e. The van der Waals surface area contributed by atoms with Crippen molar-refractivity contribution >= 4 is 5.91 Å². The van der Waals surface area contributed by atoms with Gasteiger partial charge in [0.05, 0.1) is 5.60 Å². The van der Waals surface area contributed by atoms with E-state index >= 15 is 0 Å². The first-order chi connectivity index (χ1) is 9.18. The summed E-state index contributed by atoms with van der Waals surface area (Å²) in [5, 5.41) is 13.1. The minimum absolute atomic E-state index is 0.0100. The van der Waals surface area contributed by atoms with E-state index in [2.05, 4.69) is 10.3 Å². The van der Waals surface area contributed by atoms with Crippen molar-refractivity contribution < 1.29 is 9.90 Å². The van der Waals surface area contributed by atoms with Crippen molar-refractivity contribution in [1.82, 2.24) is 10.3 Å². The predicted octanol–water partition coefficient (Wildman–Crippen LogP) is 1.83. The lowest BCUT2D eigenvalue weighted by Crippen LogP contribution is -2.44. The maximum absolute atomic E-state index is 11.8. The highest BCUT2D eigenvalue weighted by Gasteiger charge is 2.29. The molecule has 1 aromatic heterocycles. The first kappa shape index (κ1) is 14.0. The van der Waals surface area contributed by atoms with Crippen LogP contribution in [0.25, 0.3) is 0 Å². The van der Waals surface area contributed by atoms with Crippen LogP contribution in [-0.2, 0) is 11.2 Å². The topological polar surface area (TPSA) is 62.2 Å². The van der Waals surface area contributed by atoms with E-state index in [1.165, 1.54) is 6.42 Å². The fourth-order valence-electron chi connectivity index (χ4n) is 2.55. The van der Waals surface area contributed by atoms with Crippen LogP contribution in [0.2, 0.25) is 0 Å². The largest absolute Gasteiger partial charge is 0.388 e. The zero-order valence-corrected chi connectivity index (χ0v) is 11.3. The Morgan fingerprint density at radius 1 is 1.26 bits per heavy atom. The third kappa shape index (κ3) is 4.63. The fraction of sp³-hybridized carbons (Fsp3) is 0.600. The molecule has 1 aliphatic rings. The molecule has 0 aliphatic heterocycles. The summed E-state index contributed by atoms with van der Waals surface area (Å²) in [4.78, 5) is 15.7. The minimum atomic E-state index is -0.676. The van der Waals surface area contributed by atoms with Gasteiger partial charge in [-0.15, -0.1) is 0 Å². The molecular formula is C15H22N2O2. The van der Waals surface area contributed by atoms with Crippen LogP contribution in [0.4, 0.5) is 0 Å². The first-order valence-corrected chi connectivity index (χ1v) is 7.06. The normalized spacial score (nSPS) is 17.9.